The fourth-order valence-corrected chi connectivity index (χ4v) is 3.74. The van der Waals surface area contributed by atoms with Crippen LogP contribution in [0.15, 0.2) is 52.1 Å². The first-order valence-corrected chi connectivity index (χ1v) is 9.55. The number of H-pyrrole nitrogens is 1. The first-order chi connectivity index (χ1) is 12.9. The number of thioether (sulfide) groups is 1. The molecule has 0 radical (unpaired) electrons. The molecule has 0 amide bonds. The first-order valence-electron chi connectivity index (χ1n) is 8.35. The maximum absolute atomic E-state index is 11.3. The summed E-state index contributed by atoms with van der Waals surface area (Å²) in [4.78, 5) is 24.2. The van der Waals surface area contributed by atoms with Gasteiger partial charge < -0.3 is 14.8 Å². The van der Waals surface area contributed by atoms with Crippen LogP contribution in [0, 0.1) is 0 Å². The topological polar surface area (TPSA) is 88.1 Å². The Kier molecular flexibility index (Phi) is 5.72. The second-order valence-corrected chi connectivity index (χ2v) is 7.05. The first kappa shape index (κ1) is 19.3. The van der Waals surface area contributed by atoms with Gasteiger partial charge in [0.05, 0.1) is 22.6 Å². The zero-order valence-corrected chi connectivity index (χ0v) is 16.4. The van der Waals surface area contributed by atoms with Crippen LogP contribution in [0.5, 0.6) is 5.88 Å². The molecule has 2 aromatic rings. The number of nitrogens with zero attached hydrogens (tertiary/aromatic N) is 2. The van der Waals surface area contributed by atoms with Gasteiger partial charge in [-0.05, 0) is 42.8 Å². The fraction of sp³-hybridized carbons (Fsp3) is 0.211. The minimum absolute atomic E-state index is 0.162. The van der Waals surface area contributed by atoms with E-state index in [1.807, 2.05) is 13.8 Å². The number of ether oxygens (including phenoxy) is 1. The molecule has 8 heteroatoms. The van der Waals surface area contributed by atoms with Crippen LogP contribution in [0.2, 0.25) is 5.02 Å². The van der Waals surface area contributed by atoms with E-state index in [0.717, 1.165) is 12.1 Å². The second-order valence-electron chi connectivity index (χ2n) is 5.66. The molecule has 0 saturated carbocycles. The van der Waals surface area contributed by atoms with E-state index in [2.05, 4.69) is 21.5 Å². The van der Waals surface area contributed by atoms with Crippen molar-refractivity contribution in [1.29, 1.82) is 0 Å². The molecule has 3 rings (SSSR count). The van der Waals surface area contributed by atoms with Gasteiger partial charge in [0.15, 0.2) is 5.16 Å². The minimum atomic E-state index is -1.01. The lowest BCUT2D eigenvalue weighted by molar-refractivity contribution is -0.132. The van der Waals surface area contributed by atoms with E-state index >= 15 is 0 Å². The summed E-state index contributed by atoms with van der Waals surface area (Å²) in [6.45, 7) is 8.27. The molecule has 140 valence electrons. The molecule has 0 aromatic carbocycles. The fourth-order valence-electron chi connectivity index (χ4n) is 2.55. The van der Waals surface area contributed by atoms with Crippen molar-refractivity contribution in [2.75, 3.05) is 6.61 Å². The van der Waals surface area contributed by atoms with Crippen LogP contribution < -0.4 is 4.74 Å². The van der Waals surface area contributed by atoms with Gasteiger partial charge in [-0.1, -0.05) is 37.3 Å². The Morgan fingerprint density at radius 2 is 2.19 bits per heavy atom. The van der Waals surface area contributed by atoms with Crippen LogP contribution >= 0.6 is 23.4 Å². The number of halogens is 1. The van der Waals surface area contributed by atoms with E-state index in [0.29, 0.717) is 44.2 Å². The normalized spacial score (nSPS) is 14.1. The summed E-state index contributed by atoms with van der Waals surface area (Å²) in [6.07, 6.45) is 7.21. The number of nitrogens with one attached hydrogen (secondary N) is 1. The lowest BCUT2D eigenvalue weighted by Gasteiger charge is -2.09. The Balaban J connectivity index is 2.06. The number of fused-ring (bicyclic) bond motifs is 1. The molecule has 1 aliphatic carbocycles. The van der Waals surface area contributed by atoms with Crippen molar-refractivity contribution >= 4 is 40.4 Å². The average molecular weight is 404 g/mol. The van der Waals surface area contributed by atoms with Gasteiger partial charge in [0, 0.05) is 10.6 Å². The third kappa shape index (κ3) is 3.94. The number of aryl methyl sites for hydroxylation is 1. The van der Waals surface area contributed by atoms with Crippen molar-refractivity contribution in [3.63, 3.8) is 0 Å². The van der Waals surface area contributed by atoms with Crippen LogP contribution in [-0.2, 0) is 11.2 Å². The van der Waals surface area contributed by atoms with Crippen LogP contribution in [0.25, 0.3) is 11.0 Å². The summed E-state index contributed by atoms with van der Waals surface area (Å²) in [5.41, 5.74) is 2.28. The summed E-state index contributed by atoms with van der Waals surface area (Å²) in [5.74, 6) is -0.613. The highest BCUT2D eigenvalue weighted by molar-refractivity contribution is 8.03. The Labute approximate surface area is 165 Å². The van der Waals surface area contributed by atoms with Crippen LogP contribution in [0.3, 0.4) is 0 Å². The van der Waals surface area contributed by atoms with Crippen molar-refractivity contribution in [3.05, 3.63) is 57.7 Å². The molecule has 0 bridgehead atoms. The molecule has 2 heterocycles. The van der Waals surface area contributed by atoms with Gasteiger partial charge in [0.2, 0.25) is 5.88 Å². The Morgan fingerprint density at radius 1 is 1.41 bits per heavy atom. The highest BCUT2D eigenvalue weighted by Gasteiger charge is 2.19. The summed E-state index contributed by atoms with van der Waals surface area (Å²) < 4.78 is 5.67. The molecule has 2 aromatic heterocycles. The van der Waals surface area contributed by atoms with Gasteiger partial charge in [-0.25, -0.2) is 9.78 Å². The van der Waals surface area contributed by atoms with E-state index in [4.69, 9.17) is 16.3 Å². The number of carboxylic acids is 1. The summed E-state index contributed by atoms with van der Waals surface area (Å²) >= 11 is 7.66. The average Bonchev–Trinajstić information content (AvgIpc) is 2.83. The maximum Gasteiger partial charge on any atom is 0.335 e. The number of carbonyl (C=O) groups is 1. The molecule has 0 saturated heterocycles. The predicted molar refractivity (Wildman–Crippen MR) is 107 cm³/mol. The molecule has 6 nitrogen and oxygen atoms in total. The minimum Gasteiger partial charge on any atom is -0.478 e. The lowest BCUT2D eigenvalue weighted by Crippen LogP contribution is -1.99. The molecule has 0 fully saturated rings. The quantitative estimate of drug-likeness (QED) is 0.680. The summed E-state index contributed by atoms with van der Waals surface area (Å²) in [6, 6.07) is 0. The number of hydrogen-bond acceptors (Lipinski definition) is 5. The van der Waals surface area contributed by atoms with E-state index < -0.39 is 5.97 Å². The second kappa shape index (κ2) is 8.02. The van der Waals surface area contributed by atoms with Crippen molar-refractivity contribution in [2.45, 2.75) is 25.4 Å². The van der Waals surface area contributed by atoms with E-state index in [9.17, 15) is 9.90 Å². The number of carboxylic acid groups (broad SMARTS) is 1. The van der Waals surface area contributed by atoms with Gasteiger partial charge in [-0.15, -0.1) is 0 Å². The van der Waals surface area contributed by atoms with E-state index in [-0.39, 0.29) is 5.57 Å². The number of aromatic nitrogens is 3. The monoisotopic (exact) mass is 403 g/mol. The zero-order valence-electron chi connectivity index (χ0n) is 14.9. The number of rotatable bonds is 6. The highest BCUT2D eigenvalue weighted by atomic mass is 35.5. The van der Waals surface area contributed by atoms with E-state index in [1.165, 1.54) is 17.8 Å². The van der Waals surface area contributed by atoms with Crippen LogP contribution in [0.4, 0.5) is 0 Å². The van der Waals surface area contributed by atoms with Crippen LogP contribution in [0.1, 0.15) is 19.5 Å². The highest BCUT2D eigenvalue weighted by Crippen LogP contribution is 2.38. The largest absolute Gasteiger partial charge is 0.478 e. The van der Waals surface area contributed by atoms with Crippen LogP contribution in [-0.4, -0.2) is 32.6 Å². The smallest absolute Gasteiger partial charge is 0.335 e. The third-order valence-electron chi connectivity index (χ3n) is 3.87. The molecule has 1 aliphatic rings. The van der Waals surface area contributed by atoms with E-state index in [1.54, 1.807) is 18.2 Å². The SMILES string of the molecule is C=C1C=CC=C(C(=O)O)C=C1Sc1nc(OCC)c2c(Cl)c(CC)[nH]c2n1. The molecule has 0 atom stereocenters. The van der Waals surface area contributed by atoms with Gasteiger partial charge in [0.25, 0.3) is 0 Å². The molecular weight excluding hydrogens is 386 g/mol. The molecule has 0 spiro atoms. The molecule has 0 unspecified atom stereocenters. The van der Waals surface area contributed by atoms with Crippen molar-refractivity contribution in [3.8, 4) is 5.88 Å². The Morgan fingerprint density at radius 3 is 2.85 bits per heavy atom. The van der Waals surface area contributed by atoms with Crippen molar-refractivity contribution < 1.29 is 14.6 Å². The van der Waals surface area contributed by atoms with Gasteiger partial charge in [-0.3, -0.25) is 0 Å². The standard InChI is InChI=1S/C19H18ClN3O3S/c1-4-12-15(20)14-16(21-12)22-19(23-17(14)26-5-2)27-13-9-11(18(24)25)8-6-7-10(13)3/h6-9H,3-5H2,1-2H3,(H,24,25)(H,21,22,23). The summed E-state index contributed by atoms with van der Waals surface area (Å²) in [7, 11) is 0. The van der Waals surface area contributed by atoms with Crippen molar-refractivity contribution in [1.82, 2.24) is 15.0 Å². The van der Waals surface area contributed by atoms with Gasteiger partial charge in [-0.2, -0.15) is 4.98 Å². The number of allylic oxidation sites excluding steroid dienone is 4. The maximum atomic E-state index is 11.3. The zero-order chi connectivity index (χ0) is 19.6. The number of aromatic amines is 1. The van der Waals surface area contributed by atoms with Crippen molar-refractivity contribution in [2.24, 2.45) is 0 Å². The third-order valence-corrected chi connectivity index (χ3v) is 5.25. The number of hydrogen-bond donors (Lipinski definition) is 2. The molecule has 2 N–H and O–H groups in total. The van der Waals surface area contributed by atoms with Gasteiger partial charge >= 0.3 is 5.97 Å². The predicted octanol–water partition coefficient (Wildman–Crippen LogP) is 4.69. The summed E-state index contributed by atoms with van der Waals surface area (Å²) in [5, 5.41) is 10.9. The lowest BCUT2D eigenvalue weighted by atomic mass is 10.2. The molecule has 27 heavy (non-hydrogen) atoms. The Bertz CT molecular complexity index is 1020. The Hall–Kier alpha value is -2.51. The molecule has 0 aliphatic heterocycles. The number of aliphatic carboxylic acids is 1. The molecular formula is C19H18ClN3O3S. The van der Waals surface area contributed by atoms with Gasteiger partial charge in [0.1, 0.15) is 5.65 Å².